The Hall–Kier alpha value is -3.24. The van der Waals surface area contributed by atoms with E-state index in [1.165, 1.54) is 48.3 Å². The van der Waals surface area contributed by atoms with Gasteiger partial charge >= 0.3 is 0 Å². The number of likely N-dealkylation sites (N-methyl/N-ethyl adjacent to an activating group) is 1. The van der Waals surface area contributed by atoms with Crippen LogP contribution in [0, 0.1) is 5.82 Å². The number of carbonyl (C=O) groups is 2. The molecule has 0 saturated carbocycles. The Morgan fingerprint density at radius 2 is 1.66 bits per heavy atom. The normalized spacial score (nSPS) is 12.0. The molecule has 0 unspecified atom stereocenters. The summed E-state index contributed by atoms with van der Waals surface area (Å²) in [6.45, 7) is 0.997. The largest absolute Gasteiger partial charge is 0.357 e. The quantitative estimate of drug-likeness (QED) is 0.428. The van der Waals surface area contributed by atoms with E-state index < -0.39 is 40.2 Å². The third-order valence-electron chi connectivity index (χ3n) is 5.39. The number of benzene rings is 3. The molecule has 1 N–H and O–H groups in total. The Morgan fingerprint density at radius 3 is 2.26 bits per heavy atom. The van der Waals surface area contributed by atoms with Crippen molar-refractivity contribution in [2.75, 3.05) is 17.9 Å². The van der Waals surface area contributed by atoms with Crippen molar-refractivity contribution in [3.63, 3.8) is 0 Å². The van der Waals surface area contributed by atoms with Crippen molar-refractivity contribution < 1.29 is 22.4 Å². The maximum absolute atomic E-state index is 13.6. The van der Waals surface area contributed by atoms with Gasteiger partial charge in [-0.3, -0.25) is 13.9 Å². The number of nitrogens with one attached hydrogen (secondary N) is 1. The van der Waals surface area contributed by atoms with Crippen LogP contribution in [0.1, 0.15) is 12.5 Å². The van der Waals surface area contributed by atoms with Gasteiger partial charge in [0, 0.05) is 18.1 Å². The maximum Gasteiger partial charge on any atom is 0.264 e. The fraction of sp³-hybridized carbons (Fsp3) is 0.200. The van der Waals surface area contributed by atoms with Gasteiger partial charge in [-0.2, -0.15) is 0 Å². The van der Waals surface area contributed by atoms with Crippen molar-refractivity contribution in [1.29, 1.82) is 0 Å². The van der Waals surface area contributed by atoms with Gasteiger partial charge < -0.3 is 10.2 Å². The lowest BCUT2D eigenvalue weighted by Crippen LogP contribution is -2.50. The first-order chi connectivity index (χ1) is 16.6. The van der Waals surface area contributed by atoms with Crippen molar-refractivity contribution in [2.24, 2.45) is 0 Å². The van der Waals surface area contributed by atoms with Gasteiger partial charge in [0.25, 0.3) is 10.0 Å². The molecule has 2 amide bonds. The minimum absolute atomic E-state index is 0.00852. The average molecular weight is 562 g/mol. The summed E-state index contributed by atoms with van der Waals surface area (Å²) in [5.41, 5.74) is 0.876. The minimum Gasteiger partial charge on any atom is -0.357 e. The Labute approximate surface area is 212 Å². The monoisotopic (exact) mass is 561 g/mol. The van der Waals surface area contributed by atoms with E-state index in [1.54, 1.807) is 49.4 Å². The molecule has 0 aliphatic carbocycles. The first kappa shape index (κ1) is 26.4. The number of hydrogen-bond donors (Lipinski definition) is 1. The van der Waals surface area contributed by atoms with E-state index in [0.29, 0.717) is 10.0 Å². The van der Waals surface area contributed by atoms with E-state index in [1.807, 2.05) is 0 Å². The molecule has 0 fully saturated rings. The lowest BCUT2D eigenvalue weighted by atomic mass is 10.1. The standard InChI is InChI=1S/C25H25BrFN3O4S/c1-18(25(32)28-2)29(16-19-11-13-21(27)14-12-19)24(31)17-30(22-8-6-7-20(26)15-22)35(33,34)23-9-4-3-5-10-23/h3-15,18H,16-17H2,1-2H3,(H,28,32)/t18-/m0/s1. The molecule has 3 aromatic carbocycles. The van der Waals surface area contributed by atoms with Crippen LogP contribution in [0.15, 0.2) is 88.2 Å². The molecule has 35 heavy (non-hydrogen) atoms. The second-order valence-electron chi connectivity index (χ2n) is 7.74. The summed E-state index contributed by atoms with van der Waals surface area (Å²) in [5, 5.41) is 2.51. The highest BCUT2D eigenvalue weighted by Crippen LogP contribution is 2.27. The van der Waals surface area contributed by atoms with Crippen LogP contribution in [0.4, 0.5) is 10.1 Å². The number of amides is 2. The van der Waals surface area contributed by atoms with Crippen molar-refractivity contribution >= 4 is 43.5 Å². The van der Waals surface area contributed by atoms with E-state index in [0.717, 1.165) is 4.31 Å². The van der Waals surface area contributed by atoms with Gasteiger partial charge in [-0.25, -0.2) is 12.8 Å². The van der Waals surface area contributed by atoms with Crippen LogP contribution in [0.5, 0.6) is 0 Å². The highest BCUT2D eigenvalue weighted by atomic mass is 79.9. The molecule has 0 aromatic heterocycles. The van der Waals surface area contributed by atoms with Gasteiger partial charge in [0.15, 0.2) is 0 Å². The number of carbonyl (C=O) groups excluding carboxylic acids is 2. The Kier molecular flexibility index (Phi) is 8.63. The maximum atomic E-state index is 13.6. The van der Waals surface area contributed by atoms with E-state index in [-0.39, 0.29) is 17.1 Å². The first-order valence-electron chi connectivity index (χ1n) is 10.7. The molecular weight excluding hydrogens is 537 g/mol. The zero-order valence-corrected chi connectivity index (χ0v) is 21.6. The summed E-state index contributed by atoms with van der Waals surface area (Å²) < 4.78 is 42.2. The number of halogens is 2. The van der Waals surface area contributed by atoms with Crippen LogP contribution in [0.25, 0.3) is 0 Å². The Bertz CT molecular complexity index is 1290. The molecule has 10 heteroatoms. The molecule has 1 atom stereocenters. The van der Waals surface area contributed by atoms with Crippen molar-refractivity contribution in [2.45, 2.75) is 24.4 Å². The fourth-order valence-corrected chi connectivity index (χ4v) is 5.27. The topological polar surface area (TPSA) is 86.8 Å². The van der Waals surface area contributed by atoms with Gasteiger partial charge in [0.2, 0.25) is 11.8 Å². The molecule has 0 aliphatic rings. The summed E-state index contributed by atoms with van der Waals surface area (Å²) >= 11 is 3.35. The van der Waals surface area contributed by atoms with Crippen molar-refractivity contribution in [3.05, 3.63) is 94.7 Å². The van der Waals surface area contributed by atoms with E-state index >= 15 is 0 Å². The summed E-state index contributed by atoms with van der Waals surface area (Å²) in [6, 6.07) is 19.0. The number of anilines is 1. The second kappa shape index (κ2) is 11.5. The van der Waals surface area contributed by atoms with E-state index in [4.69, 9.17) is 0 Å². The Morgan fingerprint density at radius 1 is 1.00 bits per heavy atom. The molecule has 0 bridgehead atoms. The van der Waals surface area contributed by atoms with Crippen LogP contribution in [0.3, 0.4) is 0 Å². The minimum atomic E-state index is -4.11. The molecule has 0 heterocycles. The third kappa shape index (κ3) is 6.46. The molecule has 0 aliphatic heterocycles. The highest BCUT2D eigenvalue weighted by molar-refractivity contribution is 9.10. The molecule has 3 rings (SSSR count). The van der Waals surface area contributed by atoms with Crippen molar-refractivity contribution in [3.8, 4) is 0 Å². The lowest BCUT2D eigenvalue weighted by molar-refractivity contribution is -0.139. The molecule has 7 nitrogen and oxygen atoms in total. The summed E-state index contributed by atoms with van der Waals surface area (Å²) in [6.07, 6.45) is 0. The van der Waals surface area contributed by atoms with Crippen LogP contribution >= 0.6 is 15.9 Å². The fourth-order valence-electron chi connectivity index (χ4n) is 3.46. The average Bonchev–Trinajstić information content (AvgIpc) is 2.86. The highest BCUT2D eigenvalue weighted by Gasteiger charge is 2.32. The number of hydrogen-bond acceptors (Lipinski definition) is 4. The number of sulfonamides is 1. The molecular formula is C25H25BrFN3O4S. The van der Waals surface area contributed by atoms with E-state index in [9.17, 15) is 22.4 Å². The van der Waals surface area contributed by atoms with Gasteiger partial charge in [-0.15, -0.1) is 0 Å². The molecule has 0 saturated heterocycles. The molecule has 0 spiro atoms. The summed E-state index contributed by atoms with van der Waals surface area (Å²) in [7, 11) is -2.66. The molecule has 184 valence electrons. The molecule has 3 aromatic rings. The first-order valence-corrected chi connectivity index (χ1v) is 13.0. The number of rotatable bonds is 9. The van der Waals surface area contributed by atoms with Crippen LogP contribution in [0.2, 0.25) is 0 Å². The SMILES string of the molecule is CNC(=O)[C@H](C)N(Cc1ccc(F)cc1)C(=O)CN(c1cccc(Br)c1)S(=O)(=O)c1ccccc1. The van der Waals surface area contributed by atoms with Gasteiger partial charge in [-0.1, -0.05) is 52.3 Å². The second-order valence-corrected chi connectivity index (χ2v) is 10.5. The van der Waals surface area contributed by atoms with Gasteiger partial charge in [-0.05, 0) is 55.0 Å². The van der Waals surface area contributed by atoms with E-state index in [2.05, 4.69) is 21.2 Å². The predicted octanol–water partition coefficient (Wildman–Crippen LogP) is 3.95. The third-order valence-corrected chi connectivity index (χ3v) is 7.67. The lowest BCUT2D eigenvalue weighted by Gasteiger charge is -2.31. The summed E-state index contributed by atoms with van der Waals surface area (Å²) in [5.74, 6) is -1.44. The Balaban J connectivity index is 2.01. The smallest absolute Gasteiger partial charge is 0.264 e. The summed E-state index contributed by atoms with van der Waals surface area (Å²) in [4.78, 5) is 27.3. The van der Waals surface area contributed by atoms with Crippen LogP contribution in [-0.4, -0.2) is 44.8 Å². The van der Waals surface area contributed by atoms with Gasteiger partial charge in [0.1, 0.15) is 18.4 Å². The predicted molar refractivity (Wildman–Crippen MR) is 136 cm³/mol. The zero-order chi connectivity index (χ0) is 25.6. The van der Waals surface area contributed by atoms with Gasteiger partial charge in [0.05, 0.1) is 10.6 Å². The van der Waals surface area contributed by atoms with Crippen LogP contribution < -0.4 is 9.62 Å². The zero-order valence-electron chi connectivity index (χ0n) is 19.2. The van der Waals surface area contributed by atoms with Crippen LogP contribution in [-0.2, 0) is 26.2 Å². The van der Waals surface area contributed by atoms with Crippen molar-refractivity contribution in [1.82, 2.24) is 10.2 Å². The number of nitrogens with zero attached hydrogens (tertiary/aromatic N) is 2. The molecule has 0 radical (unpaired) electrons.